The third-order valence-corrected chi connectivity index (χ3v) is 2.14. The molecule has 2 heterocycles. The van der Waals surface area contributed by atoms with Crippen molar-refractivity contribution < 1.29 is 9.21 Å². The fraction of sp³-hybridized carbons (Fsp3) is 0.200. The number of nitrogens with zero attached hydrogens (tertiary/aromatic N) is 2. The molecule has 0 bridgehead atoms. The topological polar surface area (TPSA) is 60.1 Å². The Hall–Kier alpha value is -1.75. The van der Waals surface area contributed by atoms with Crippen molar-refractivity contribution in [2.75, 3.05) is 0 Å². The van der Waals surface area contributed by atoms with Crippen molar-refractivity contribution in [3.63, 3.8) is 0 Å². The molecule has 0 saturated heterocycles. The number of carbonyl (C=O) groups is 1. The smallest absolute Gasteiger partial charge is 0.242 e. The van der Waals surface area contributed by atoms with Gasteiger partial charge in [0.2, 0.25) is 5.91 Å². The van der Waals surface area contributed by atoms with Crippen molar-refractivity contribution in [2.45, 2.75) is 13.1 Å². The van der Waals surface area contributed by atoms with Crippen LogP contribution in [-0.4, -0.2) is 15.7 Å². The molecule has 2 rings (SSSR count). The second-order valence-corrected chi connectivity index (χ2v) is 3.65. The normalized spacial score (nSPS) is 10.3. The Labute approximate surface area is 97.0 Å². The molecule has 0 atom stereocenters. The molecule has 0 fully saturated rings. The van der Waals surface area contributed by atoms with E-state index < -0.39 is 0 Å². The van der Waals surface area contributed by atoms with Gasteiger partial charge in [0.25, 0.3) is 0 Å². The molecule has 0 aliphatic rings. The van der Waals surface area contributed by atoms with Gasteiger partial charge in [0.1, 0.15) is 12.3 Å². The third kappa shape index (κ3) is 2.87. The Kier molecular flexibility index (Phi) is 3.26. The maximum Gasteiger partial charge on any atom is 0.242 e. The van der Waals surface area contributed by atoms with Crippen molar-refractivity contribution in [1.82, 2.24) is 15.1 Å². The van der Waals surface area contributed by atoms with Gasteiger partial charge in [-0.2, -0.15) is 5.10 Å². The summed E-state index contributed by atoms with van der Waals surface area (Å²) in [7, 11) is 0. The van der Waals surface area contributed by atoms with E-state index in [2.05, 4.69) is 10.4 Å². The maximum atomic E-state index is 11.5. The molecule has 0 spiro atoms. The van der Waals surface area contributed by atoms with Crippen LogP contribution in [0.2, 0.25) is 5.02 Å². The number of hydrogen-bond acceptors (Lipinski definition) is 3. The Morgan fingerprint density at radius 2 is 2.50 bits per heavy atom. The van der Waals surface area contributed by atoms with Gasteiger partial charge < -0.3 is 9.73 Å². The van der Waals surface area contributed by atoms with E-state index in [1.165, 1.54) is 10.9 Å². The van der Waals surface area contributed by atoms with Gasteiger partial charge in [0.15, 0.2) is 0 Å². The first-order valence-corrected chi connectivity index (χ1v) is 5.09. The molecule has 6 heteroatoms. The fourth-order valence-electron chi connectivity index (χ4n) is 1.23. The van der Waals surface area contributed by atoms with Crippen LogP contribution >= 0.6 is 11.6 Å². The van der Waals surface area contributed by atoms with Crippen LogP contribution in [0.15, 0.2) is 35.2 Å². The van der Waals surface area contributed by atoms with Crippen LogP contribution < -0.4 is 5.32 Å². The number of aromatic nitrogens is 2. The number of amides is 1. The van der Waals surface area contributed by atoms with Gasteiger partial charge >= 0.3 is 0 Å². The number of furan rings is 1. The summed E-state index contributed by atoms with van der Waals surface area (Å²) < 4.78 is 6.55. The predicted octanol–water partition coefficient (Wildman–Crippen LogP) is 1.45. The summed E-state index contributed by atoms with van der Waals surface area (Å²) in [5.41, 5.74) is 0. The molecule has 0 saturated carbocycles. The summed E-state index contributed by atoms with van der Waals surface area (Å²) >= 11 is 5.67. The minimum absolute atomic E-state index is 0.142. The summed E-state index contributed by atoms with van der Waals surface area (Å²) in [5, 5.41) is 7.12. The van der Waals surface area contributed by atoms with E-state index in [1.54, 1.807) is 24.6 Å². The van der Waals surface area contributed by atoms with Gasteiger partial charge in [-0.15, -0.1) is 0 Å². The number of nitrogens with one attached hydrogen (secondary N) is 1. The second-order valence-electron chi connectivity index (χ2n) is 3.21. The fourth-order valence-corrected chi connectivity index (χ4v) is 1.38. The standard InChI is InChI=1S/C10H10ClN3O2/c11-8-4-13-14(6-8)7-10(15)12-5-9-2-1-3-16-9/h1-4,6H,5,7H2,(H,12,15). The number of rotatable bonds is 4. The molecule has 84 valence electrons. The average molecular weight is 240 g/mol. The van der Waals surface area contributed by atoms with Crippen molar-refractivity contribution in [3.8, 4) is 0 Å². The van der Waals surface area contributed by atoms with Crippen LogP contribution in [0.3, 0.4) is 0 Å². The highest BCUT2D eigenvalue weighted by Gasteiger charge is 2.04. The minimum atomic E-state index is -0.142. The van der Waals surface area contributed by atoms with Gasteiger partial charge in [0, 0.05) is 6.20 Å². The first-order chi connectivity index (χ1) is 7.74. The lowest BCUT2D eigenvalue weighted by Gasteiger charge is -2.02. The van der Waals surface area contributed by atoms with Crippen LogP contribution in [0.25, 0.3) is 0 Å². The molecule has 0 aliphatic heterocycles. The van der Waals surface area contributed by atoms with Crippen molar-refractivity contribution in [3.05, 3.63) is 41.6 Å². The highest BCUT2D eigenvalue weighted by molar-refractivity contribution is 6.30. The van der Waals surface area contributed by atoms with Gasteiger partial charge in [-0.3, -0.25) is 9.48 Å². The van der Waals surface area contributed by atoms with Crippen LogP contribution in [0.5, 0.6) is 0 Å². The Morgan fingerprint density at radius 1 is 1.62 bits per heavy atom. The van der Waals surface area contributed by atoms with Gasteiger partial charge in [0.05, 0.1) is 24.0 Å². The van der Waals surface area contributed by atoms with Crippen LogP contribution in [0.4, 0.5) is 0 Å². The van der Waals surface area contributed by atoms with Crippen LogP contribution in [0.1, 0.15) is 5.76 Å². The van der Waals surface area contributed by atoms with Crippen LogP contribution in [-0.2, 0) is 17.9 Å². The largest absolute Gasteiger partial charge is 0.467 e. The number of halogens is 1. The van der Waals surface area contributed by atoms with Gasteiger partial charge in [-0.25, -0.2) is 0 Å². The second kappa shape index (κ2) is 4.85. The summed E-state index contributed by atoms with van der Waals surface area (Å²) in [6.45, 7) is 0.522. The van der Waals surface area contributed by atoms with E-state index in [0.29, 0.717) is 17.3 Å². The van der Waals surface area contributed by atoms with E-state index >= 15 is 0 Å². The van der Waals surface area contributed by atoms with E-state index in [-0.39, 0.29) is 12.5 Å². The first-order valence-electron chi connectivity index (χ1n) is 4.71. The molecule has 0 unspecified atom stereocenters. The zero-order valence-corrected chi connectivity index (χ0v) is 9.15. The average Bonchev–Trinajstić information content (AvgIpc) is 2.87. The van der Waals surface area contributed by atoms with E-state index in [0.717, 1.165) is 0 Å². The quantitative estimate of drug-likeness (QED) is 0.879. The Morgan fingerprint density at radius 3 is 3.12 bits per heavy atom. The van der Waals surface area contributed by atoms with E-state index in [4.69, 9.17) is 16.0 Å². The number of hydrogen-bond donors (Lipinski definition) is 1. The van der Waals surface area contributed by atoms with Crippen molar-refractivity contribution >= 4 is 17.5 Å². The lowest BCUT2D eigenvalue weighted by Crippen LogP contribution is -2.27. The zero-order chi connectivity index (χ0) is 11.4. The SMILES string of the molecule is O=C(Cn1cc(Cl)cn1)NCc1ccco1. The van der Waals surface area contributed by atoms with Crippen molar-refractivity contribution in [1.29, 1.82) is 0 Å². The predicted molar refractivity (Wildman–Crippen MR) is 57.8 cm³/mol. The molecule has 0 radical (unpaired) electrons. The lowest BCUT2D eigenvalue weighted by molar-refractivity contribution is -0.122. The monoisotopic (exact) mass is 239 g/mol. The summed E-state index contributed by atoms with van der Waals surface area (Å²) in [4.78, 5) is 11.5. The molecule has 0 aromatic carbocycles. The first kappa shape index (κ1) is 10.8. The number of carbonyl (C=O) groups excluding carboxylic acids is 1. The molecular weight excluding hydrogens is 230 g/mol. The summed E-state index contributed by atoms with van der Waals surface area (Å²) in [6.07, 6.45) is 4.64. The molecular formula is C10H10ClN3O2. The molecule has 0 aliphatic carbocycles. The molecule has 1 N–H and O–H groups in total. The highest BCUT2D eigenvalue weighted by atomic mass is 35.5. The maximum absolute atomic E-state index is 11.5. The molecule has 16 heavy (non-hydrogen) atoms. The van der Waals surface area contributed by atoms with Crippen LogP contribution in [0, 0.1) is 0 Å². The van der Waals surface area contributed by atoms with E-state index in [9.17, 15) is 4.79 Å². The van der Waals surface area contributed by atoms with Gasteiger partial charge in [-0.1, -0.05) is 11.6 Å². The summed E-state index contributed by atoms with van der Waals surface area (Å²) in [5.74, 6) is 0.572. The Bertz CT molecular complexity index is 464. The zero-order valence-electron chi connectivity index (χ0n) is 8.39. The molecule has 5 nitrogen and oxygen atoms in total. The van der Waals surface area contributed by atoms with Crippen molar-refractivity contribution in [2.24, 2.45) is 0 Å². The third-order valence-electron chi connectivity index (χ3n) is 1.95. The summed E-state index contributed by atoms with van der Waals surface area (Å²) in [6, 6.07) is 3.57. The molecule has 2 aromatic heterocycles. The molecule has 1 amide bonds. The lowest BCUT2D eigenvalue weighted by atomic mass is 10.4. The minimum Gasteiger partial charge on any atom is -0.467 e. The Balaban J connectivity index is 1.81. The molecule has 2 aromatic rings. The highest BCUT2D eigenvalue weighted by Crippen LogP contribution is 2.04. The van der Waals surface area contributed by atoms with E-state index in [1.807, 2.05) is 0 Å². The van der Waals surface area contributed by atoms with Gasteiger partial charge in [-0.05, 0) is 12.1 Å².